The summed E-state index contributed by atoms with van der Waals surface area (Å²) in [5, 5.41) is 16.4. The van der Waals surface area contributed by atoms with Gasteiger partial charge in [-0.3, -0.25) is 24.6 Å². The highest BCUT2D eigenvalue weighted by molar-refractivity contribution is 6.31. The number of nitrogens with zero attached hydrogens (tertiary/aromatic N) is 2. The van der Waals surface area contributed by atoms with Gasteiger partial charge in [-0.25, -0.2) is 0 Å². The van der Waals surface area contributed by atoms with Crippen molar-refractivity contribution in [2.24, 2.45) is 0 Å². The Hall–Kier alpha value is -3.17. The van der Waals surface area contributed by atoms with Crippen LogP contribution in [0.3, 0.4) is 0 Å². The predicted octanol–water partition coefficient (Wildman–Crippen LogP) is 2.77. The molecular formula is C18H19ClN4O5. The number of methoxy groups -OCH3 is 1. The van der Waals surface area contributed by atoms with Crippen molar-refractivity contribution in [1.29, 1.82) is 0 Å². The normalized spacial score (nSPS) is 10.4. The molecule has 10 heteroatoms. The van der Waals surface area contributed by atoms with E-state index in [0.717, 1.165) is 0 Å². The third-order valence-corrected chi connectivity index (χ3v) is 3.87. The molecule has 0 aliphatic rings. The van der Waals surface area contributed by atoms with Crippen LogP contribution in [-0.2, 0) is 9.59 Å². The van der Waals surface area contributed by atoms with Crippen LogP contribution in [0.25, 0.3) is 0 Å². The fourth-order valence-electron chi connectivity index (χ4n) is 2.38. The number of likely N-dealkylation sites (N-methyl/N-ethyl adjacent to an activating group) is 1. The van der Waals surface area contributed by atoms with E-state index in [9.17, 15) is 19.7 Å². The van der Waals surface area contributed by atoms with Gasteiger partial charge in [0.15, 0.2) is 0 Å². The standard InChI is InChI=1S/C18H19ClN4O5/c1-22(10-17(24)20-13-4-6-14(28-2)7-5-13)11-18(25)21-15-9-12(19)3-8-16(15)23(26)27/h3-9H,10-11H2,1-2H3,(H,20,24)(H,21,25). The van der Waals surface area contributed by atoms with Gasteiger partial charge in [0.05, 0.1) is 25.1 Å². The summed E-state index contributed by atoms with van der Waals surface area (Å²) in [4.78, 5) is 36.1. The van der Waals surface area contributed by atoms with E-state index in [-0.39, 0.29) is 35.4 Å². The number of carbonyl (C=O) groups excluding carboxylic acids is 2. The Morgan fingerprint density at radius 3 is 2.29 bits per heavy atom. The Bertz CT molecular complexity index is 873. The molecule has 2 N–H and O–H groups in total. The lowest BCUT2D eigenvalue weighted by Gasteiger charge is -2.16. The highest BCUT2D eigenvalue weighted by Gasteiger charge is 2.18. The molecule has 0 bridgehead atoms. The number of nitrogens with one attached hydrogen (secondary N) is 2. The fraction of sp³-hybridized carbons (Fsp3) is 0.222. The van der Waals surface area contributed by atoms with Crippen molar-refractivity contribution in [3.05, 3.63) is 57.6 Å². The number of ether oxygens (including phenoxy) is 1. The lowest BCUT2D eigenvalue weighted by atomic mass is 10.2. The molecule has 2 amide bonds. The molecule has 28 heavy (non-hydrogen) atoms. The zero-order valence-electron chi connectivity index (χ0n) is 15.3. The number of benzene rings is 2. The molecule has 9 nitrogen and oxygen atoms in total. The van der Waals surface area contributed by atoms with Crippen molar-refractivity contribution in [2.45, 2.75) is 0 Å². The minimum absolute atomic E-state index is 0.00131. The SMILES string of the molecule is COc1ccc(NC(=O)CN(C)CC(=O)Nc2cc(Cl)ccc2[N+](=O)[O-])cc1. The molecule has 2 aromatic rings. The molecule has 2 rings (SSSR count). The third-order valence-electron chi connectivity index (χ3n) is 3.63. The van der Waals surface area contributed by atoms with Gasteiger partial charge >= 0.3 is 0 Å². The summed E-state index contributed by atoms with van der Waals surface area (Å²) in [7, 11) is 3.13. The molecule has 0 atom stereocenters. The van der Waals surface area contributed by atoms with Gasteiger partial charge in [0.1, 0.15) is 11.4 Å². The Morgan fingerprint density at radius 1 is 1.11 bits per heavy atom. The molecule has 0 radical (unpaired) electrons. The summed E-state index contributed by atoms with van der Waals surface area (Å²) in [6.45, 7) is -0.184. The van der Waals surface area contributed by atoms with Crippen molar-refractivity contribution < 1.29 is 19.2 Å². The monoisotopic (exact) mass is 406 g/mol. The summed E-state index contributed by atoms with van der Waals surface area (Å²) < 4.78 is 5.05. The van der Waals surface area contributed by atoms with Crippen molar-refractivity contribution >= 4 is 40.5 Å². The number of nitro benzene ring substituents is 1. The van der Waals surface area contributed by atoms with E-state index in [1.807, 2.05) is 0 Å². The number of nitro groups is 1. The van der Waals surface area contributed by atoms with Crippen LogP contribution in [-0.4, -0.2) is 48.9 Å². The highest BCUT2D eigenvalue weighted by atomic mass is 35.5. The number of hydrogen-bond acceptors (Lipinski definition) is 6. The number of anilines is 2. The average Bonchev–Trinajstić information content (AvgIpc) is 2.61. The maximum Gasteiger partial charge on any atom is 0.292 e. The van der Waals surface area contributed by atoms with Crippen LogP contribution in [0.1, 0.15) is 0 Å². The summed E-state index contributed by atoms with van der Waals surface area (Å²) >= 11 is 5.83. The number of carbonyl (C=O) groups is 2. The molecule has 0 unspecified atom stereocenters. The molecule has 0 fully saturated rings. The summed E-state index contributed by atoms with van der Waals surface area (Å²) in [5.74, 6) is -0.152. The number of rotatable bonds is 8. The van der Waals surface area contributed by atoms with Gasteiger partial charge in [-0.15, -0.1) is 0 Å². The molecule has 0 aliphatic heterocycles. The average molecular weight is 407 g/mol. The molecule has 0 aromatic heterocycles. The summed E-state index contributed by atoms with van der Waals surface area (Å²) in [5.41, 5.74) is 0.328. The smallest absolute Gasteiger partial charge is 0.292 e. The molecule has 2 aromatic carbocycles. The van der Waals surface area contributed by atoms with Crippen LogP contribution in [0.5, 0.6) is 5.75 Å². The largest absolute Gasteiger partial charge is 0.497 e. The number of amides is 2. The summed E-state index contributed by atoms with van der Waals surface area (Å²) in [6.07, 6.45) is 0. The lowest BCUT2D eigenvalue weighted by Crippen LogP contribution is -2.36. The highest BCUT2D eigenvalue weighted by Crippen LogP contribution is 2.27. The number of hydrogen-bond donors (Lipinski definition) is 2. The second-order valence-corrected chi connectivity index (χ2v) is 6.35. The van der Waals surface area contributed by atoms with E-state index in [1.165, 1.54) is 23.1 Å². The van der Waals surface area contributed by atoms with Gasteiger partial charge in [0.2, 0.25) is 11.8 Å². The van der Waals surface area contributed by atoms with E-state index in [2.05, 4.69) is 10.6 Å². The maximum absolute atomic E-state index is 12.2. The van der Waals surface area contributed by atoms with Gasteiger partial charge in [0.25, 0.3) is 5.69 Å². The zero-order chi connectivity index (χ0) is 20.7. The molecule has 0 spiro atoms. The van der Waals surface area contributed by atoms with Gasteiger partial charge in [0, 0.05) is 16.8 Å². The van der Waals surface area contributed by atoms with E-state index in [0.29, 0.717) is 11.4 Å². The van der Waals surface area contributed by atoms with Crippen molar-refractivity contribution in [3.8, 4) is 5.75 Å². The van der Waals surface area contributed by atoms with Crippen LogP contribution in [0, 0.1) is 10.1 Å². The fourth-order valence-corrected chi connectivity index (χ4v) is 2.55. The Kier molecular flexibility index (Phi) is 7.30. The number of halogens is 1. The first-order chi connectivity index (χ1) is 13.3. The maximum atomic E-state index is 12.2. The minimum atomic E-state index is -0.613. The summed E-state index contributed by atoms with van der Waals surface area (Å²) in [6, 6.07) is 10.7. The van der Waals surface area contributed by atoms with Crippen molar-refractivity contribution in [3.63, 3.8) is 0 Å². The Morgan fingerprint density at radius 2 is 1.71 bits per heavy atom. The van der Waals surface area contributed by atoms with Gasteiger partial charge < -0.3 is 15.4 Å². The topological polar surface area (TPSA) is 114 Å². The molecule has 0 aliphatic carbocycles. The van der Waals surface area contributed by atoms with Crippen LogP contribution >= 0.6 is 11.6 Å². The van der Waals surface area contributed by atoms with Crippen molar-refractivity contribution in [2.75, 3.05) is 37.9 Å². The first-order valence-electron chi connectivity index (χ1n) is 8.14. The third kappa shape index (κ3) is 6.22. The van der Waals surface area contributed by atoms with E-state index < -0.39 is 10.8 Å². The second kappa shape index (κ2) is 9.67. The molecular weight excluding hydrogens is 388 g/mol. The van der Waals surface area contributed by atoms with Crippen molar-refractivity contribution in [1.82, 2.24) is 4.90 Å². The first kappa shape index (κ1) is 21.1. The Balaban J connectivity index is 1.89. The van der Waals surface area contributed by atoms with E-state index >= 15 is 0 Å². The molecule has 148 valence electrons. The van der Waals surface area contributed by atoms with Gasteiger partial charge in [-0.1, -0.05) is 11.6 Å². The second-order valence-electron chi connectivity index (χ2n) is 5.92. The van der Waals surface area contributed by atoms with Crippen LogP contribution in [0.2, 0.25) is 5.02 Å². The zero-order valence-corrected chi connectivity index (χ0v) is 16.0. The minimum Gasteiger partial charge on any atom is -0.497 e. The Labute approximate surface area is 166 Å². The molecule has 0 heterocycles. The van der Waals surface area contributed by atoms with E-state index in [4.69, 9.17) is 16.3 Å². The first-order valence-corrected chi connectivity index (χ1v) is 8.52. The van der Waals surface area contributed by atoms with Gasteiger partial charge in [-0.2, -0.15) is 0 Å². The lowest BCUT2D eigenvalue weighted by molar-refractivity contribution is -0.383. The quantitative estimate of drug-likeness (QED) is 0.514. The van der Waals surface area contributed by atoms with Crippen LogP contribution in [0.15, 0.2) is 42.5 Å². The van der Waals surface area contributed by atoms with E-state index in [1.54, 1.807) is 38.4 Å². The van der Waals surface area contributed by atoms with Crippen LogP contribution < -0.4 is 15.4 Å². The van der Waals surface area contributed by atoms with Crippen LogP contribution in [0.4, 0.5) is 17.1 Å². The van der Waals surface area contributed by atoms with Gasteiger partial charge in [-0.05, 0) is 43.4 Å². The molecule has 0 saturated heterocycles. The predicted molar refractivity (Wildman–Crippen MR) is 106 cm³/mol. The molecule has 0 saturated carbocycles.